The molecule has 0 atom stereocenters. The molecule has 0 aromatic heterocycles. The molecule has 0 aliphatic carbocycles. The minimum absolute atomic E-state index is 0. The predicted molar refractivity (Wildman–Crippen MR) is 118 cm³/mol. The summed E-state index contributed by atoms with van der Waals surface area (Å²) in [4.78, 5) is 17.2. The molecular formula is C23H32N4O. The number of carbonyl (C=O) groups is 1. The van der Waals surface area contributed by atoms with Crippen molar-refractivity contribution < 1.29 is 6.22 Å². The Morgan fingerprint density at radius 1 is 1.11 bits per heavy atom. The maximum Gasteiger partial charge on any atom is 0.231 e. The summed E-state index contributed by atoms with van der Waals surface area (Å²) in [7, 11) is 2.07. The van der Waals surface area contributed by atoms with Crippen molar-refractivity contribution in [3.05, 3.63) is 72.1 Å². The van der Waals surface area contributed by atoms with Gasteiger partial charge in [-0.15, -0.1) is 0 Å². The average Bonchev–Trinajstić information content (AvgIpc) is 3.20. The molecule has 0 saturated heterocycles. The summed E-state index contributed by atoms with van der Waals surface area (Å²) in [6.45, 7) is 6.56. The third kappa shape index (κ3) is 5.28. The molecule has 0 spiro atoms. The molecule has 0 saturated carbocycles. The lowest BCUT2D eigenvalue weighted by Crippen LogP contribution is -2.35. The number of carbonyl (C=O) groups excluding carboxylic acids is 1. The van der Waals surface area contributed by atoms with Crippen LogP contribution in [0.3, 0.4) is 0 Å². The van der Waals surface area contributed by atoms with E-state index in [0.717, 1.165) is 35.8 Å². The van der Waals surface area contributed by atoms with E-state index in [4.69, 9.17) is 0 Å². The summed E-state index contributed by atoms with van der Waals surface area (Å²) in [6.07, 6.45) is 2.42. The van der Waals surface area contributed by atoms with E-state index < -0.39 is 0 Å². The van der Waals surface area contributed by atoms with Crippen molar-refractivity contribution in [1.29, 1.82) is 0 Å². The van der Waals surface area contributed by atoms with E-state index in [-0.39, 0.29) is 7.33 Å². The van der Waals surface area contributed by atoms with E-state index in [1.165, 1.54) is 0 Å². The number of likely N-dealkylation sites (N-methyl/N-ethyl adjacent to an activating group) is 1. The van der Waals surface area contributed by atoms with Crippen molar-refractivity contribution in [2.75, 3.05) is 36.6 Å². The first-order valence-electron chi connectivity index (χ1n) is 9.84. The second-order valence-corrected chi connectivity index (χ2v) is 7.66. The van der Waals surface area contributed by atoms with Crippen molar-refractivity contribution in [3.8, 4) is 0 Å². The van der Waals surface area contributed by atoms with Gasteiger partial charge in [0.1, 0.15) is 0 Å². The van der Waals surface area contributed by atoms with Gasteiger partial charge in [-0.1, -0.05) is 50.2 Å². The van der Waals surface area contributed by atoms with Gasteiger partial charge in [-0.05, 0) is 29.7 Å². The SMILES string of the molecule is CC(C)CN(C(=O)Cc1ccccc1)c1cccc(N(C)CC2=CNCN2)c1.[HH]. The Labute approximate surface area is 169 Å². The standard InChI is InChI=1S/C23H30N4O.H2/c1-18(2)15-27(23(28)12-19-8-5-4-6-9-19)22-11-7-10-21(13-22)26(3)16-20-14-24-17-25-20;/h4-11,13-14,18,24-25H,12,15-17H2,1-3H3;1H. The average molecular weight is 381 g/mol. The van der Waals surface area contributed by atoms with E-state index >= 15 is 0 Å². The van der Waals surface area contributed by atoms with Gasteiger partial charge in [0.2, 0.25) is 5.91 Å². The van der Waals surface area contributed by atoms with Gasteiger partial charge in [0.25, 0.3) is 0 Å². The van der Waals surface area contributed by atoms with Gasteiger partial charge in [-0.3, -0.25) is 4.79 Å². The fraction of sp³-hybridized carbons (Fsp3) is 0.348. The first-order valence-corrected chi connectivity index (χ1v) is 9.84. The zero-order valence-electron chi connectivity index (χ0n) is 17.0. The molecule has 0 fully saturated rings. The number of rotatable bonds is 8. The minimum Gasteiger partial charge on any atom is -0.372 e. The highest BCUT2D eigenvalue weighted by atomic mass is 16.2. The molecule has 1 aliphatic heterocycles. The monoisotopic (exact) mass is 380 g/mol. The predicted octanol–water partition coefficient (Wildman–Crippen LogP) is 3.59. The van der Waals surface area contributed by atoms with Gasteiger partial charge < -0.3 is 20.4 Å². The van der Waals surface area contributed by atoms with E-state index in [9.17, 15) is 4.79 Å². The van der Waals surface area contributed by atoms with Crippen LogP contribution in [0.15, 0.2) is 66.5 Å². The summed E-state index contributed by atoms with van der Waals surface area (Å²) < 4.78 is 0. The number of benzene rings is 2. The first kappa shape index (κ1) is 19.8. The van der Waals surface area contributed by atoms with Crippen LogP contribution in [0.5, 0.6) is 0 Å². The molecule has 2 aromatic carbocycles. The fourth-order valence-electron chi connectivity index (χ4n) is 3.32. The van der Waals surface area contributed by atoms with E-state index in [2.05, 4.69) is 48.6 Å². The third-order valence-corrected chi connectivity index (χ3v) is 4.73. The van der Waals surface area contributed by atoms with Crippen LogP contribution in [0, 0.1) is 5.92 Å². The van der Waals surface area contributed by atoms with Gasteiger partial charge in [0, 0.05) is 38.3 Å². The van der Waals surface area contributed by atoms with E-state index in [0.29, 0.717) is 18.9 Å². The molecule has 1 amide bonds. The Morgan fingerprint density at radius 3 is 2.54 bits per heavy atom. The van der Waals surface area contributed by atoms with Crippen LogP contribution in [0.1, 0.15) is 20.8 Å². The Kier molecular flexibility index (Phi) is 6.58. The molecule has 1 aliphatic rings. The topological polar surface area (TPSA) is 47.6 Å². The molecule has 0 bridgehead atoms. The number of anilines is 2. The molecule has 2 aromatic rings. The van der Waals surface area contributed by atoms with Crippen LogP contribution in [0.4, 0.5) is 11.4 Å². The second-order valence-electron chi connectivity index (χ2n) is 7.66. The molecule has 3 rings (SSSR count). The summed E-state index contributed by atoms with van der Waals surface area (Å²) in [5, 5.41) is 6.48. The number of hydrogen-bond acceptors (Lipinski definition) is 4. The van der Waals surface area contributed by atoms with Gasteiger partial charge in [-0.25, -0.2) is 0 Å². The molecule has 2 N–H and O–H groups in total. The smallest absolute Gasteiger partial charge is 0.231 e. The van der Waals surface area contributed by atoms with Gasteiger partial charge in [0.05, 0.1) is 19.6 Å². The molecule has 0 radical (unpaired) electrons. The third-order valence-electron chi connectivity index (χ3n) is 4.73. The molecule has 1 heterocycles. The fourth-order valence-corrected chi connectivity index (χ4v) is 3.32. The van der Waals surface area contributed by atoms with Crippen LogP contribution in [-0.4, -0.2) is 32.7 Å². The minimum atomic E-state index is 0. The van der Waals surface area contributed by atoms with Crippen LogP contribution in [-0.2, 0) is 11.2 Å². The highest BCUT2D eigenvalue weighted by molar-refractivity contribution is 5.95. The normalized spacial score (nSPS) is 12.9. The number of amides is 1. The maximum absolute atomic E-state index is 13.1. The van der Waals surface area contributed by atoms with Crippen molar-refractivity contribution in [1.82, 2.24) is 10.6 Å². The molecule has 5 nitrogen and oxygen atoms in total. The van der Waals surface area contributed by atoms with Crippen LogP contribution < -0.4 is 20.4 Å². The quantitative estimate of drug-likeness (QED) is 0.735. The summed E-state index contributed by atoms with van der Waals surface area (Å²) in [5.41, 5.74) is 4.24. The lowest BCUT2D eigenvalue weighted by Gasteiger charge is -2.27. The van der Waals surface area contributed by atoms with Gasteiger partial charge in [-0.2, -0.15) is 0 Å². The Morgan fingerprint density at radius 2 is 1.86 bits per heavy atom. The maximum atomic E-state index is 13.1. The molecule has 150 valence electrons. The Bertz CT molecular complexity index is 823. The summed E-state index contributed by atoms with van der Waals surface area (Å²) in [5.74, 6) is 0.518. The highest BCUT2D eigenvalue weighted by Crippen LogP contribution is 2.24. The summed E-state index contributed by atoms with van der Waals surface area (Å²) >= 11 is 0. The Hall–Kier alpha value is -2.95. The first-order chi connectivity index (χ1) is 13.5. The molecule has 28 heavy (non-hydrogen) atoms. The van der Waals surface area contributed by atoms with Gasteiger partial charge in [0.15, 0.2) is 0 Å². The Balaban J connectivity index is 0.00000300. The van der Waals surface area contributed by atoms with Crippen molar-refractivity contribution in [2.45, 2.75) is 20.3 Å². The number of nitrogens with zero attached hydrogens (tertiary/aromatic N) is 2. The van der Waals surface area contributed by atoms with Crippen molar-refractivity contribution >= 4 is 17.3 Å². The van der Waals surface area contributed by atoms with Crippen molar-refractivity contribution in [3.63, 3.8) is 0 Å². The van der Waals surface area contributed by atoms with Crippen LogP contribution >= 0.6 is 0 Å². The zero-order chi connectivity index (χ0) is 19.9. The van der Waals surface area contributed by atoms with E-state index in [1.807, 2.05) is 53.6 Å². The van der Waals surface area contributed by atoms with Crippen molar-refractivity contribution in [2.24, 2.45) is 5.92 Å². The molecule has 0 unspecified atom stereocenters. The number of hydrogen-bond donors (Lipinski definition) is 2. The molecular weight excluding hydrogens is 348 g/mol. The number of nitrogens with one attached hydrogen (secondary N) is 2. The lowest BCUT2D eigenvalue weighted by molar-refractivity contribution is -0.118. The largest absolute Gasteiger partial charge is 0.372 e. The second kappa shape index (κ2) is 9.31. The van der Waals surface area contributed by atoms with Crippen LogP contribution in [0.2, 0.25) is 0 Å². The van der Waals surface area contributed by atoms with Crippen LogP contribution in [0.25, 0.3) is 0 Å². The zero-order valence-corrected chi connectivity index (χ0v) is 17.0. The van der Waals surface area contributed by atoms with E-state index in [1.54, 1.807) is 0 Å². The summed E-state index contributed by atoms with van der Waals surface area (Å²) in [6, 6.07) is 18.2. The van der Waals surface area contributed by atoms with Gasteiger partial charge >= 0.3 is 0 Å². The lowest BCUT2D eigenvalue weighted by atomic mass is 10.1. The highest BCUT2D eigenvalue weighted by Gasteiger charge is 2.18. The molecule has 5 heteroatoms.